The zero-order chi connectivity index (χ0) is 22.4. The number of anilines is 1. The standard InChI is InChI=1S/C24H33N3O3S/c1-19-10-12-23(13-11-19)27(31(3,29)30)20(2)24(28)25-17-21-8-7-9-22(16-21)18-26-14-5-4-6-15-26/h7-13,16,20H,4-6,14-15,17-18H2,1-3H3,(H,25,28). The normalized spacial score (nSPS) is 16.0. The van der Waals surface area contributed by atoms with Gasteiger partial charge in [-0.05, 0) is 63.0 Å². The minimum absolute atomic E-state index is 0.326. The van der Waals surface area contributed by atoms with Crippen molar-refractivity contribution in [2.45, 2.75) is 52.2 Å². The molecule has 0 radical (unpaired) electrons. The number of nitrogens with zero attached hydrogens (tertiary/aromatic N) is 2. The quantitative estimate of drug-likeness (QED) is 0.678. The summed E-state index contributed by atoms with van der Waals surface area (Å²) in [6.45, 7) is 7.11. The van der Waals surface area contributed by atoms with Crippen LogP contribution in [0.4, 0.5) is 5.69 Å². The van der Waals surface area contributed by atoms with Gasteiger partial charge in [-0.25, -0.2) is 8.42 Å². The van der Waals surface area contributed by atoms with Crippen LogP contribution in [0.2, 0.25) is 0 Å². The van der Waals surface area contributed by atoms with Crippen LogP contribution in [0.3, 0.4) is 0 Å². The molecule has 1 aliphatic rings. The van der Waals surface area contributed by atoms with E-state index in [1.54, 1.807) is 19.1 Å². The largest absolute Gasteiger partial charge is 0.350 e. The van der Waals surface area contributed by atoms with E-state index < -0.39 is 16.1 Å². The van der Waals surface area contributed by atoms with Gasteiger partial charge >= 0.3 is 0 Å². The summed E-state index contributed by atoms with van der Waals surface area (Å²) < 4.78 is 26.0. The lowest BCUT2D eigenvalue weighted by Crippen LogP contribution is -2.47. The third-order valence-corrected chi connectivity index (χ3v) is 6.93. The van der Waals surface area contributed by atoms with Crippen molar-refractivity contribution in [2.75, 3.05) is 23.7 Å². The van der Waals surface area contributed by atoms with E-state index in [0.29, 0.717) is 12.2 Å². The molecule has 168 valence electrons. The van der Waals surface area contributed by atoms with E-state index in [4.69, 9.17) is 0 Å². The lowest BCUT2D eigenvalue weighted by molar-refractivity contribution is -0.122. The van der Waals surface area contributed by atoms with Crippen molar-refractivity contribution in [3.8, 4) is 0 Å². The fourth-order valence-electron chi connectivity index (χ4n) is 4.05. The van der Waals surface area contributed by atoms with Crippen molar-refractivity contribution in [3.05, 3.63) is 65.2 Å². The lowest BCUT2D eigenvalue weighted by Gasteiger charge is -2.28. The van der Waals surface area contributed by atoms with Crippen LogP contribution in [0.1, 0.15) is 42.9 Å². The zero-order valence-corrected chi connectivity index (χ0v) is 19.5. The highest BCUT2D eigenvalue weighted by Crippen LogP contribution is 2.21. The van der Waals surface area contributed by atoms with E-state index in [9.17, 15) is 13.2 Å². The Hall–Kier alpha value is -2.38. The molecule has 1 heterocycles. The van der Waals surface area contributed by atoms with Crippen LogP contribution in [0, 0.1) is 6.92 Å². The summed E-state index contributed by atoms with van der Waals surface area (Å²) in [5.74, 6) is -0.326. The number of benzene rings is 2. The number of rotatable bonds is 8. The highest BCUT2D eigenvalue weighted by atomic mass is 32.2. The van der Waals surface area contributed by atoms with Gasteiger partial charge in [0, 0.05) is 13.1 Å². The van der Waals surface area contributed by atoms with Crippen LogP contribution >= 0.6 is 0 Å². The van der Waals surface area contributed by atoms with E-state index in [2.05, 4.69) is 22.3 Å². The van der Waals surface area contributed by atoms with Gasteiger partial charge in [0.05, 0.1) is 11.9 Å². The van der Waals surface area contributed by atoms with Gasteiger partial charge in [-0.1, -0.05) is 48.4 Å². The second-order valence-electron chi connectivity index (χ2n) is 8.44. The summed E-state index contributed by atoms with van der Waals surface area (Å²) in [7, 11) is -3.61. The average molecular weight is 444 g/mol. The molecule has 7 heteroatoms. The second-order valence-corrected chi connectivity index (χ2v) is 10.3. The van der Waals surface area contributed by atoms with Gasteiger partial charge in [0.15, 0.2) is 0 Å². The molecular formula is C24H33N3O3S. The van der Waals surface area contributed by atoms with Crippen molar-refractivity contribution < 1.29 is 13.2 Å². The molecule has 1 N–H and O–H groups in total. The maximum absolute atomic E-state index is 12.8. The van der Waals surface area contributed by atoms with Crippen molar-refractivity contribution in [2.24, 2.45) is 0 Å². The summed E-state index contributed by atoms with van der Waals surface area (Å²) in [4.78, 5) is 15.3. The van der Waals surface area contributed by atoms with Crippen molar-refractivity contribution >= 4 is 21.6 Å². The van der Waals surface area contributed by atoms with Crippen LogP contribution in [0.25, 0.3) is 0 Å². The Labute approximate surface area is 186 Å². The summed E-state index contributed by atoms with van der Waals surface area (Å²) in [5, 5.41) is 2.90. The predicted molar refractivity (Wildman–Crippen MR) is 125 cm³/mol. The number of carbonyl (C=O) groups excluding carboxylic acids is 1. The number of likely N-dealkylation sites (tertiary alicyclic amines) is 1. The first kappa shape index (κ1) is 23.3. The SMILES string of the molecule is Cc1ccc(N(C(C)C(=O)NCc2cccc(CN3CCCCC3)c2)S(C)(=O)=O)cc1. The van der Waals surface area contributed by atoms with E-state index in [1.807, 2.05) is 31.2 Å². The Morgan fingerprint density at radius 1 is 1.06 bits per heavy atom. The third kappa shape index (κ3) is 6.55. The molecule has 0 spiro atoms. The third-order valence-electron chi connectivity index (χ3n) is 5.69. The van der Waals surface area contributed by atoms with Crippen LogP contribution in [0.5, 0.6) is 0 Å². The molecule has 0 saturated carbocycles. The molecule has 1 fully saturated rings. The fourth-order valence-corrected chi connectivity index (χ4v) is 5.23. The molecule has 1 unspecified atom stereocenters. The number of amides is 1. The number of aryl methyl sites for hydroxylation is 1. The number of nitrogens with one attached hydrogen (secondary N) is 1. The Balaban J connectivity index is 1.64. The van der Waals surface area contributed by atoms with Gasteiger partial charge in [0.1, 0.15) is 6.04 Å². The molecule has 1 amide bonds. The highest BCUT2D eigenvalue weighted by molar-refractivity contribution is 7.92. The number of hydrogen-bond donors (Lipinski definition) is 1. The number of piperidine rings is 1. The molecule has 31 heavy (non-hydrogen) atoms. The molecule has 0 aromatic heterocycles. The smallest absolute Gasteiger partial charge is 0.243 e. The topological polar surface area (TPSA) is 69.7 Å². The maximum atomic E-state index is 12.8. The molecule has 3 rings (SSSR count). The minimum Gasteiger partial charge on any atom is -0.350 e. The van der Waals surface area contributed by atoms with Crippen molar-refractivity contribution in [3.63, 3.8) is 0 Å². The monoisotopic (exact) mass is 443 g/mol. The van der Waals surface area contributed by atoms with Gasteiger partial charge in [-0.15, -0.1) is 0 Å². The summed E-state index contributed by atoms with van der Waals surface area (Å²) >= 11 is 0. The first-order chi connectivity index (χ1) is 14.7. The summed E-state index contributed by atoms with van der Waals surface area (Å²) in [5.41, 5.74) is 3.76. The molecule has 2 aromatic carbocycles. The van der Waals surface area contributed by atoms with Gasteiger partial charge in [-0.2, -0.15) is 0 Å². The van der Waals surface area contributed by atoms with E-state index in [1.165, 1.54) is 29.1 Å². The van der Waals surface area contributed by atoms with Crippen molar-refractivity contribution in [1.82, 2.24) is 10.2 Å². The average Bonchev–Trinajstić information content (AvgIpc) is 2.73. The fraction of sp³-hybridized carbons (Fsp3) is 0.458. The number of hydrogen-bond acceptors (Lipinski definition) is 4. The number of carbonyl (C=O) groups is 1. The second kappa shape index (κ2) is 10.3. The van der Waals surface area contributed by atoms with Crippen LogP contribution in [0.15, 0.2) is 48.5 Å². The molecule has 1 atom stereocenters. The van der Waals surface area contributed by atoms with Gasteiger partial charge in [-0.3, -0.25) is 14.0 Å². The van der Waals surface area contributed by atoms with Crippen molar-refractivity contribution in [1.29, 1.82) is 0 Å². The molecule has 1 aliphatic heterocycles. The van der Waals surface area contributed by atoms with Crippen LogP contribution in [-0.4, -0.2) is 44.6 Å². The molecule has 6 nitrogen and oxygen atoms in total. The zero-order valence-electron chi connectivity index (χ0n) is 18.7. The molecule has 0 aliphatic carbocycles. The van der Waals surface area contributed by atoms with Crippen LogP contribution in [-0.2, 0) is 27.9 Å². The van der Waals surface area contributed by atoms with Gasteiger partial charge in [0.25, 0.3) is 0 Å². The first-order valence-electron chi connectivity index (χ1n) is 10.9. The highest BCUT2D eigenvalue weighted by Gasteiger charge is 2.28. The molecule has 1 saturated heterocycles. The maximum Gasteiger partial charge on any atom is 0.243 e. The Bertz CT molecular complexity index is 983. The Kier molecular flexibility index (Phi) is 7.73. The minimum atomic E-state index is -3.61. The van der Waals surface area contributed by atoms with Crippen LogP contribution < -0.4 is 9.62 Å². The Morgan fingerprint density at radius 3 is 2.35 bits per heavy atom. The number of sulfonamides is 1. The Morgan fingerprint density at radius 2 is 1.71 bits per heavy atom. The first-order valence-corrected chi connectivity index (χ1v) is 12.7. The van der Waals surface area contributed by atoms with E-state index in [0.717, 1.165) is 37.0 Å². The lowest BCUT2D eigenvalue weighted by atomic mass is 10.1. The van der Waals surface area contributed by atoms with E-state index >= 15 is 0 Å². The van der Waals surface area contributed by atoms with E-state index in [-0.39, 0.29) is 5.91 Å². The molecule has 2 aromatic rings. The summed E-state index contributed by atoms with van der Waals surface area (Å²) in [6, 6.07) is 14.5. The van der Waals surface area contributed by atoms with Gasteiger partial charge in [0.2, 0.25) is 15.9 Å². The predicted octanol–water partition coefficient (Wildman–Crippen LogP) is 3.45. The molecular weight excluding hydrogens is 410 g/mol. The van der Waals surface area contributed by atoms with Gasteiger partial charge < -0.3 is 5.32 Å². The molecule has 0 bridgehead atoms. The summed E-state index contributed by atoms with van der Waals surface area (Å²) in [6.07, 6.45) is 4.95.